The van der Waals surface area contributed by atoms with Gasteiger partial charge < -0.3 is 4.90 Å². The second-order valence-electron chi connectivity index (χ2n) is 5.60. The zero-order valence-electron chi connectivity index (χ0n) is 12.9. The van der Waals surface area contributed by atoms with E-state index in [1.165, 1.54) is 32.3 Å². The molecule has 0 saturated heterocycles. The van der Waals surface area contributed by atoms with E-state index >= 15 is 0 Å². The summed E-state index contributed by atoms with van der Waals surface area (Å²) < 4.78 is 0. The lowest BCUT2D eigenvalue weighted by Gasteiger charge is -2.13. The van der Waals surface area contributed by atoms with Crippen LogP contribution in [-0.2, 0) is 0 Å². The predicted molar refractivity (Wildman–Crippen MR) is 101 cm³/mol. The Morgan fingerprint density at radius 1 is 0.739 bits per heavy atom. The van der Waals surface area contributed by atoms with Gasteiger partial charge in [0, 0.05) is 11.9 Å². The van der Waals surface area contributed by atoms with Crippen LogP contribution in [0.25, 0.3) is 17.2 Å². The SMILES string of the molecule is CN1C(=Cc2ccc(-c3ccccc3)cc2)Sc2ccccc21. The highest BCUT2D eigenvalue weighted by molar-refractivity contribution is 8.03. The summed E-state index contributed by atoms with van der Waals surface area (Å²) in [5.41, 5.74) is 5.02. The first-order valence-electron chi connectivity index (χ1n) is 7.69. The Labute approximate surface area is 141 Å². The van der Waals surface area contributed by atoms with Crippen LogP contribution in [0.3, 0.4) is 0 Å². The standard InChI is InChI=1S/C21H17NS/c1-22-19-9-5-6-10-20(19)23-21(22)15-16-11-13-18(14-12-16)17-7-3-2-4-8-17/h2-15H,1H3. The molecular weight excluding hydrogens is 298 g/mol. The normalized spacial score (nSPS) is 15.0. The van der Waals surface area contributed by atoms with Crippen LogP contribution in [0.15, 0.2) is 88.8 Å². The predicted octanol–water partition coefficient (Wildman–Crippen LogP) is 5.89. The van der Waals surface area contributed by atoms with Gasteiger partial charge in [0.2, 0.25) is 0 Å². The van der Waals surface area contributed by atoms with Crippen LogP contribution in [0.5, 0.6) is 0 Å². The van der Waals surface area contributed by atoms with Gasteiger partial charge >= 0.3 is 0 Å². The molecule has 3 aromatic rings. The highest BCUT2D eigenvalue weighted by Crippen LogP contribution is 2.45. The Kier molecular flexibility index (Phi) is 3.68. The molecule has 0 atom stereocenters. The maximum Gasteiger partial charge on any atom is 0.0804 e. The van der Waals surface area contributed by atoms with Gasteiger partial charge in [-0.25, -0.2) is 0 Å². The molecule has 112 valence electrons. The van der Waals surface area contributed by atoms with Crippen molar-refractivity contribution in [1.82, 2.24) is 0 Å². The van der Waals surface area contributed by atoms with Gasteiger partial charge in [-0.2, -0.15) is 0 Å². The van der Waals surface area contributed by atoms with Crippen molar-refractivity contribution in [2.45, 2.75) is 4.90 Å². The zero-order valence-corrected chi connectivity index (χ0v) is 13.8. The van der Waals surface area contributed by atoms with Crippen LogP contribution in [-0.4, -0.2) is 7.05 Å². The molecule has 0 N–H and O–H groups in total. The van der Waals surface area contributed by atoms with Crippen LogP contribution < -0.4 is 4.90 Å². The van der Waals surface area contributed by atoms with E-state index < -0.39 is 0 Å². The molecule has 1 aliphatic rings. The molecule has 1 heterocycles. The molecule has 0 unspecified atom stereocenters. The zero-order chi connectivity index (χ0) is 15.6. The number of para-hydroxylation sites is 1. The molecule has 0 radical (unpaired) electrons. The summed E-state index contributed by atoms with van der Waals surface area (Å²) in [5, 5.41) is 1.26. The Balaban J connectivity index is 1.61. The average molecular weight is 315 g/mol. The fourth-order valence-corrected chi connectivity index (χ4v) is 3.90. The molecule has 0 amide bonds. The number of anilines is 1. The summed E-state index contributed by atoms with van der Waals surface area (Å²) in [7, 11) is 2.13. The van der Waals surface area contributed by atoms with Gasteiger partial charge in [-0.3, -0.25) is 0 Å². The van der Waals surface area contributed by atoms with Gasteiger partial charge in [-0.15, -0.1) is 0 Å². The molecule has 2 heteroatoms. The van der Waals surface area contributed by atoms with Gasteiger partial charge in [0.25, 0.3) is 0 Å². The highest BCUT2D eigenvalue weighted by atomic mass is 32.2. The van der Waals surface area contributed by atoms with Crippen molar-refractivity contribution in [3.63, 3.8) is 0 Å². The number of hydrogen-bond donors (Lipinski definition) is 0. The van der Waals surface area contributed by atoms with E-state index in [0.29, 0.717) is 0 Å². The van der Waals surface area contributed by atoms with E-state index in [1.54, 1.807) is 0 Å². The van der Waals surface area contributed by atoms with Crippen LogP contribution in [0, 0.1) is 0 Å². The molecule has 1 aliphatic heterocycles. The van der Waals surface area contributed by atoms with Gasteiger partial charge in [-0.1, -0.05) is 78.5 Å². The molecule has 0 aromatic heterocycles. The number of thioether (sulfide) groups is 1. The number of benzene rings is 3. The lowest BCUT2D eigenvalue weighted by Crippen LogP contribution is -2.09. The molecule has 0 saturated carbocycles. The summed E-state index contributed by atoms with van der Waals surface area (Å²) >= 11 is 1.83. The van der Waals surface area contributed by atoms with Crippen molar-refractivity contribution < 1.29 is 0 Å². The number of hydrogen-bond acceptors (Lipinski definition) is 2. The monoisotopic (exact) mass is 315 g/mol. The quantitative estimate of drug-likeness (QED) is 0.579. The first-order chi connectivity index (χ1) is 11.3. The summed E-state index contributed by atoms with van der Waals surface area (Å²) in [5.74, 6) is 0. The average Bonchev–Trinajstić information content (AvgIpc) is 2.93. The van der Waals surface area contributed by atoms with Crippen molar-refractivity contribution in [3.8, 4) is 11.1 Å². The van der Waals surface area contributed by atoms with Crippen molar-refractivity contribution in [3.05, 3.63) is 89.5 Å². The number of rotatable bonds is 2. The van der Waals surface area contributed by atoms with Crippen LogP contribution in [0.1, 0.15) is 5.56 Å². The summed E-state index contributed by atoms with van der Waals surface area (Å²) in [4.78, 5) is 3.58. The molecular formula is C21H17NS. The molecule has 3 aromatic carbocycles. The minimum absolute atomic E-state index is 1.23. The smallest absolute Gasteiger partial charge is 0.0804 e. The first-order valence-corrected chi connectivity index (χ1v) is 8.51. The maximum atomic E-state index is 2.26. The first kappa shape index (κ1) is 14.2. The van der Waals surface area contributed by atoms with E-state index in [-0.39, 0.29) is 0 Å². The minimum atomic E-state index is 1.23. The van der Waals surface area contributed by atoms with E-state index in [1.807, 2.05) is 17.8 Å². The lowest BCUT2D eigenvalue weighted by molar-refractivity contribution is 1.18. The summed E-state index contributed by atoms with van der Waals surface area (Å²) in [6, 6.07) is 27.8. The van der Waals surface area contributed by atoms with Crippen molar-refractivity contribution in [1.29, 1.82) is 0 Å². The minimum Gasteiger partial charge on any atom is -0.338 e. The molecule has 23 heavy (non-hydrogen) atoms. The molecule has 0 bridgehead atoms. The molecule has 0 fully saturated rings. The molecule has 0 spiro atoms. The van der Waals surface area contributed by atoms with Gasteiger partial charge in [-0.05, 0) is 34.9 Å². The van der Waals surface area contributed by atoms with Crippen molar-refractivity contribution in [2.75, 3.05) is 11.9 Å². The second kappa shape index (κ2) is 5.98. The highest BCUT2D eigenvalue weighted by Gasteiger charge is 2.20. The topological polar surface area (TPSA) is 3.24 Å². The van der Waals surface area contributed by atoms with Crippen LogP contribution in [0.2, 0.25) is 0 Å². The molecule has 4 rings (SSSR count). The largest absolute Gasteiger partial charge is 0.338 e. The third-order valence-corrected chi connectivity index (χ3v) is 5.25. The van der Waals surface area contributed by atoms with E-state index in [2.05, 4.69) is 90.8 Å². The van der Waals surface area contributed by atoms with Gasteiger partial charge in [0.15, 0.2) is 0 Å². The molecule has 1 nitrogen and oxygen atoms in total. The van der Waals surface area contributed by atoms with Gasteiger partial charge in [0.05, 0.1) is 10.7 Å². The third-order valence-electron chi connectivity index (χ3n) is 4.08. The Morgan fingerprint density at radius 3 is 2.13 bits per heavy atom. The Morgan fingerprint density at radius 2 is 1.39 bits per heavy atom. The van der Waals surface area contributed by atoms with E-state index in [9.17, 15) is 0 Å². The third kappa shape index (κ3) is 2.78. The Bertz CT molecular complexity index is 851. The second-order valence-corrected chi connectivity index (χ2v) is 6.66. The maximum absolute atomic E-state index is 2.26. The molecule has 0 aliphatic carbocycles. The fourth-order valence-electron chi connectivity index (χ4n) is 2.79. The van der Waals surface area contributed by atoms with Crippen LogP contribution >= 0.6 is 11.8 Å². The van der Waals surface area contributed by atoms with Gasteiger partial charge in [0.1, 0.15) is 0 Å². The van der Waals surface area contributed by atoms with E-state index in [0.717, 1.165) is 0 Å². The lowest BCUT2D eigenvalue weighted by atomic mass is 10.0. The van der Waals surface area contributed by atoms with E-state index in [4.69, 9.17) is 0 Å². The summed E-state index contributed by atoms with van der Waals surface area (Å²) in [6.45, 7) is 0. The number of nitrogens with zero attached hydrogens (tertiary/aromatic N) is 1. The van der Waals surface area contributed by atoms with Crippen molar-refractivity contribution >= 4 is 23.5 Å². The summed E-state index contributed by atoms with van der Waals surface area (Å²) in [6.07, 6.45) is 2.25. The fraction of sp³-hybridized carbons (Fsp3) is 0.0476. The van der Waals surface area contributed by atoms with Crippen LogP contribution in [0.4, 0.5) is 5.69 Å². The Hall–Kier alpha value is -2.45. The van der Waals surface area contributed by atoms with Crippen molar-refractivity contribution in [2.24, 2.45) is 0 Å². The number of fused-ring (bicyclic) bond motifs is 1.